The highest BCUT2D eigenvalue weighted by Crippen LogP contribution is 2.36. The number of hydrogen-bond acceptors (Lipinski definition) is 2. The Balaban J connectivity index is 3.34. The van der Waals surface area contributed by atoms with Gasteiger partial charge in [-0.1, -0.05) is 32.9 Å². The predicted molar refractivity (Wildman–Crippen MR) is 73.7 cm³/mol. The number of hydrogen-bond donors (Lipinski definition) is 1. The van der Waals surface area contributed by atoms with Crippen molar-refractivity contribution in [1.29, 1.82) is 0 Å². The van der Waals surface area contributed by atoms with Gasteiger partial charge in [0.05, 0.1) is 7.11 Å². The molecule has 0 amide bonds. The van der Waals surface area contributed by atoms with Crippen LogP contribution in [0, 0.1) is 0 Å². The van der Waals surface area contributed by atoms with E-state index in [2.05, 4.69) is 59.4 Å². The molecule has 0 saturated heterocycles. The summed E-state index contributed by atoms with van der Waals surface area (Å²) in [6.07, 6.45) is 0. The van der Waals surface area contributed by atoms with Gasteiger partial charge >= 0.3 is 0 Å². The van der Waals surface area contributed by atoms with Crippen LogP contribution in [0.1, 0.15) is 45.7 Å². The molecule has 1 rings (SSSR count). The van der Waals surface area contributed by atoms with E-state index in [-0.39, 0.29) is 10.2 Å². The van der Waals surface area contributed by atoms with E-state index in [0.717, 1.165) is 5.75 Å². The summed E-state index contributed by atoms with van der Waals surface area (Å²) in [5.74, 6) is 0.953. The Kier molecular flexibility index (Phi) is 3.63. The van der Waals surface area contributed by atoms with E-state index in [4.69, 9.17) is 4.74 Å². The third-order valence-electron chi connectivity index (χ3n) is 2.71. The fraction of sp³-hybridized carbons (Fsp3) is 0.571. The smallest absolute Gasteiger partial charge is 0.122 e. The highest BCUT2D eigenvalue weighted by Gasteiger charge is 2.22. The van der Waals surface area contributed by atoms with Crippen LogP contribution in [0.4, 0.5) is 0 Å². The normalized spacial score (nSPS) is 12.7. The predicted octanol–water partition coefficient (Wildman–Crippen LogP) is 4.16. The Morgan fingerprint density at radius 3 is 2.00 bits per heavy atom. The zero-order chi connectivity index (χ0) is 12.6. The SMILES string of the molecule is COc1ccc(C(C)(C)S)cc1C(C)(C)C. The summed E-state index contributed by atoms with van der Waals surface area (Å²) in [6, 6.07) is 6.32. The first kappa shape index (κ1) is 13.4. The molecular formula is C14H22OS. The van der Waals surface area contributed by atoms with Crippen molar-refractivity contribution in [2.24, 2.45) is 0 Å². The number of benzene rings is 1. The van der Waals surface area contributed by atoms with Crippen LogP contribution >= 0.6 is 12.6 Å². The van der Waals surface area contributed by atoms with E-state index in [9.17, 15) is 0 Å². The third kappa shape index (κ3) is 2.94. The molecule has 0 aromatic heterocycles. The summed E-state index contributed by atoms with van der Waals surface area (Å²) >= 11 is 4.61. The highest BCUT2D eigenvalue weighted by molar-refractivity contribution is 7.81. The van der Waals surface area contributed by atoms with Crippen molar-refractivity contribution in [3.05, 3.63) is 29.3 Å². The maximum Gasteiger partial charge on any atom is 0.122 e. The van der Waals surface area contributed by atoms with Gasteiger partial charge in [-0.05, 0) is 36.5 Å². The molecule has 0 N–H and O–H groups in total. The third-order valence-corrected chi connectivity index (χ3v) is 2.97. The van der Waals surface area contributed by atoms with Crippen LogP contribution in [0.15, 0.2) is 18.2 Å². The average Bonchev–Trinajstić information content (AvgIpc) is 2.14. The van der Waals surface area contributed by atoms with E-state index >= 15 is 0 Å². The molecule has 0 atom stereocenters. The molecule has 90 valence electrons. The number of thiol groups is 1. The minimum atomic E-state index is -0.119. The summed E-state index contributed by atoms with van der Waals surface area (Å²) in [5, 5.41) is 0. The van der Waals surface area contributed by atoms with Crippen molar-refractivity contribution in [3.8, 4) is 5.75 Å². The quantitative estimate of drug-likeness (QED) is 0.761. The number of methoxy groups -OCH3 is 1. The Bertz CT molecular complexity index is 369. The first-order valence-corrected chi connectivity index (χ1v) is 6.02. The lowest BCUT2D eigenvalue weighted by molar-refractivity contribution is 0.397. The van der Waals surface area contributed by atoms with Crippen LogP contribution in [-0.4, -0.2) is 7.11 Å². The molecule has 0 spiro atoms. The maximum atomic E-state index is 5.41. The molecule has 0 radical (unpaired) electrons. The van der Waals surface area contributed by atoms with Crippen molar-refractivity contribution in [2.75, 3.05) is 7.11 Å². The molecule has 0 unspecified atom stereocenters. The van der Waals surface area contributed by atoms with Gasteiger partial charge in [0.1, 0.15) is 5.75 Å². The van der Waals surface area contributed by atoms with Crippen LogP contribution in [0.2, 0.25) is 0 Å². The minimum absolute atomic E-state index is 0.0837. The van der Waals surface area contributed by atoms with E-state index in [0.29, 0.717) is 0 Å². The molecule has 0 aliphatic rings. The molecule has 0 aliphatic heterocycles. The molecule has 0 saturated carbocycles. The monoisotopic (exact) mass is 238 g/mol. The molecule has 0 bridgehead atoms. The van der Waals surface area contributed by atoms with Gasteiger partial charge < -0.3 is 4.74 Å². The molecule has 1 aromatic carbocycles. The van der Waals surface area contributed by atoms with Crippen molar-refractivity contribution in [1.82, 2.24) is 0 Å². The first-order valence-electron chi connectivity index (χ1n) is 5.57. The highest BCUT2D eigenvalue weighted by atomic mass is 32.1. The Hall–Kier alpha value is -0.630. The maximum absolute atomic E-state index is 5.41. The fourth-order valence-electron chi connectivity index (χ4n) is 1.67. The number of ether oxygens (including phenoxy) is 1. The second-order valence-electron chi connectivity index (χ2n) is 5.72. The van der Waals surface area contributed by atoms with Crippen molar-refractivity contribution < 1.29 is 4.74 Å². The van der Waals surface area contributed by atoms with Crippen LogP contribution in [0.25, 0.3) is 0 Å². The Labute approximate surface area is 105 Å². The van der Waals surface area contributed by atoms with E-state index in [1.807, 2.05) is 6.07 Å². The van der Waals surface area contributed by atoms with Gasteiger partial charge in [-0.2, -0.15) is 12.6 Å². The summed E-state index contributed by atoms with van der Waals surface area (Å²) in [6.45, 7) is 10.8. The largest absolute Gasteiger partial charge is 0.496 e. The van der Waals surface area contributed by atoms with Crippen LogP contribution in [0.3, 0.4) is 0 Å². The van der Waals surface area contributed by atoms with Crippen LogP contribution in [0.5, 0.6) is 5.75 Å². The lowest BCUT2D eigenvalue weighted by atomic mass is 9.84. The lowest BCUT2D eigenvalue weighted by Crippen LogP contribution is -2.16. The fourth-order valence-corrected chi connectivity index (χ4v) is 1.81. The Morgan fingerprint density at radius 2 is 1.62 bits per heavy atom. The van der Waals surface area contributed by atoms with Crippen LogP contribution in [-0.2, 0) is 10.2 Å². The second kappa shape index (κ2) is 4.33. The first-order chi connectivity index (χ1) is 7.16. The molecule has 1 aromatic rings. The Morgan fingerprint density at radius 1 is 1.06 bits per heavy atom. The van der Waals surface area contributed by atoms with E-state index in [1.165, 1.54) is 11.1 Å². The molecule has 0 fully saturated rings. The molecular weight excluding hydrogens is 216 g/mol. The van der Waals surface area contributed by atoms with E-state index in [1.54, 1.807) is 7.11 Å². The van der Waals surface area contributed by atoms with E-state index < -0.39 is 0 Å². The van der Waals surface area contributed by atoms with Crippen molar-refractivity contribution >= 4 is 12.6 Å². The molecule has 1 nitrogen and oxygen atoms in total. The van der Waals surface area contributed by atoms with Gasteiger partial charge in [-0.25, -0.2) is 0 Å². The summed E-state index contributed by atoms with van der Waals surface area (Å²) in [4.78, 5) is 0. The summed E-state index contributed by atoms with van der Waals surface area (Å²) in [5.41, 5.74) is 2.54. The molecule has 0 heterocycles. The van der Waals surface area contributed by atoms with Gasteiger partial charge in [-0.3, -0.25) is 0 Å². The van der Waals surface area contributed by atoms with Gasteiger partial charge in [0.2, 0.25) is 0 Å². The van der Waals surface area contributed by atoms with Crippen LogP contribution < -0.4 is 4.74 Å². The molecule has 0 aliphatic carbocycles. The number of rotatable bonds is 2. The van der Waals surface area contributed by atoms with Gasteiger partial charge in [0, 0.05) is 4.75 Å². The zero-order valence-corrected chi connectivity index (χ0v) is 12.0. The molecule has 2 heteroatoms. The lowest BCUT2D eigenvalue weighted by Gasteiger charge is -2.26. The van der Waals surface area contributed by atoms with Gasteiger partial charge in [0.25, 0.3) is 0 Å². The van der Waals surface area contributed by atoms with Gasteiger partial charge in [-0.15, -0.1) is 0 Å². The zero-order valence-electron chi connectivity index (χ0n) is 11.1. The summed E-state index contributed by atoms with van der Waals surface area (Å²) < 4.78 is 5.30. The summed E-state index contributed by atoms with van der Waals surface area (Å²) in [7, 11) is 1.72. The van der Waals surface area contributed by atoms with Crippen molar-refractivity contribution in [2.45, 2.75) is 44.8 Å². The standard InChI is InChI=1S/C14H22OS/c1-13(2,3)11-9-10(14(4,5)16)7-8-12(11)15-6/h7-9,16H,1-6H3. The average molecular weight is 238 g/mol. The van der Waals surface area contributed by atoms with Crippen molar-refractivity contribution in [3.63, 3.8) is 0 Å². The second-order valence-corrected chi connectivity index (χ2v) is 6.84. The molecule has 16 heavy (non-hydrogen) atoms. The minimum Gasteiger partial charge on any atom is -0.496 e. The van der Waals surface area contributed by atoms with Gasteiger partial charge in [0.15, 0.2) is 0 Å². The topological polar surface area (TPSA) is 9.23 Å².